The highest BCUT2D eigenvalue weighted by atomic mass is 19.1. The average Bonchev–Trinajstić information content (AvgIpc) is 2.37. The molecule has 0 atom stereocenters. The second-order valence-corrected chi connectivity index (χ2v) is 5.14. The number of halogens is 1. The van der Waals surface area contributed by atoms with Gasteiger partial charge in [0.15, 0.2) is 0 Å². The lowest BCUT2D eigenvalue weighted by Gasteiger charge is -2.19. The fourth-order valence-electron chi connectivity index (χ4n) is 1.64. The van der Waals surface area contributed by atoms with Crippen molar-refractivity contribution in [1.82, 2.24) is 9.80 Å². The summed E-state index contributed by atoms with van der Waals surface area (Å²) in [5.41, 5.74) is 6.32. The maximum absolute atomic E-state index is 12.9. The van der Waals surface area contributed by atoms with Gasteiger partial charge in [0.2, 0.25) is 5.91 Å². The van der Waals surface area contributed by atoms with Gasteiger partial charge in [0.05, 0.1) is 11.4 Å². The van der Waals surface area contributed by atoms with Gasteiger partial charge in [-0.25, -0.2) is 4.39 Å². The van der Waals surface area contributed by atoms with Gasteiger partial charge in [-0.05, 0) is 39.3 Å². The quantitative estimate of drug-likeness (QED) is 0.738. The first kappa shape index (κ1) is 16.4. The molecule has 0 heterocycles. The second kappa shape index (κ2) is 7.81. The molecule has 0 radical (unpaired) electrons. The Hall–Kier alpha value is -1.66. The lowest BCUT2D eigenvalue weighted by molar-refractivity contribution is -0.116. The molecule has 0 aliphatic rings. The largest absolute Gasteiger partial charge is 0.397 e. The maximum Gasteiger partial charge on any atom is 0.225 e. The zero-order valence-corrected chi connectivity index (χ0v) is 12.3. The Labute approximate surface area is 119 Å². The summed E-state index contributed by atoms with van der Waals surface area (Å²) in [7, 11) is 6.00. The third-order valence-corrected chi connectivity index (χ3v) is 2.94. The van der Waals surface area contributed by atoms with Gasteiger partial charge in [-0.1, -0.05) is 0 Å². The summed E-state index contributed by atoms with van der Waals surface area (Å²) >= 11 is 0. The van der Waals surface area contributed by atoms with Crippen LogP contribution in [0, 0.1) is 5.82 Å². The van der Waals surface area contributed by atoms with Gasteiger partial charge in [-0.2, -0.15) is 0 Å². The molecule has 1 aromatic carbocycles. The number of carbonyl (C=O) groups is 1. The summed E-state index contributed by atoms with van der Waals surface area (Å²) in [6.07, 6.45) is 0.376. The number of nitrogens with one attached hydrogen (secondary N) is 1. The number of nitrogen functional groups attached to an aromatic ring is 1. The first-order valence-corrected chi connectivity index (χ1v) is 6.56. The van der Waals surface area contributed by atoms with E-state index in [9.17, 15) is 9.18 Å². The first-order chi connectivity index (χ1) is 9.38. The molecule has 0 bridgehead atoms. The number of rotatable bonds is 7. The Morgan fingerprint density at radius 1 is 1.25 bits per heavy atom. The third kappa shape index (κ3) is 5.99. The fraction of sp³-hybridized carbons (Fsp3) is 0.500. The first-order valence-electron chi connectivity index (χ1n) is 6.56. The third-order valence-electron chi connectivity index (χ3n) is 2.94. The monoisotopic (exact) mass is 282 g/mol. The van der Waals surface area contributed by atoms with Gasteiger partial charge in [-0.15, -0.1) is 0 Å². The summed E-state index contributed by atoms with van der Waals surface area (Å²) in [5, 5.41) is 2.69. The van der Waals surface area contributed by atoms with Crippen molar-refractivity contribution in [2.24, 2.45) is 0 Å². The Morgan fingerprint density at radius 3 is 2.55 bits per heavy atom. The number of carbonyl (C=O) groups excluding carboxylic acids is 1. The van der Waals surface area contributed by atoms with Gasteiger partial charge < -0.3 is 20.9 Å². The molecule has 1 amide bonds. The van der Waals surface area contributed by atoms with Crippen molar-refractivity contribution in [2.45, 2.75) is 6.42 Å². The van der Waals surface area contributed by atoms with Gasteiger partial charge in [-0.3, -0.25) is 4.79 Å². The molecule has 0 aliphatic carbocycles. The van der Waals surface area contributed by atoms with Crippen LogP contribution < -0.4 is 11.1 Å². The van der Waals surface area contributed by atoms with E-state index in [4.69, 9.17) is 5.73 Å². The average molecular weight is 282 g/mol. The Bertz CT molecular complexity index is 451. The van der Waals surface area contributed by atoms with Crippen LogP contribution in [-0.2, 0) is 4.79 Å². The van der Waals surface area contributed by atoms with Crippen LogP contribution in [0.3, 0.4) is 0 Å². The molecule has 5 nitrogen and oxygen atoms in total. The van der Waals surface area contributed by atoms with E-state index in [0.29, 0.717) is 18.7 Å². The van der Waals surface area contributed by atoms with E-state index in [1.165, 1.54) is 18.2 Å². The normalized spacial score (nSPS) is 11.1. The van der Waals surface area contributed by atoms with E-state index in [-0.39, 0.29) is 11.6 Å². The van der Waals surface area contributed by atoms with Gasteiger partial charge in [0.25, 0.3) is 0 Å². The van der Waals surface area contributed by atoms with Crippen LogP contribution in [0.4, 0.5) is 15.8 Å². The topological polar surface area (TPSA) is 61.6 Å². The standard InChI is InChI=1S/C14H23FN4O/c1-18(2)8-9-19(3)7-6-14(20)17-13-5-4-11(15)10-12(13)16/h4-5,10H,6-9,16H2,1-3H3,(H,17,20). The van der Waals surface area contributed by atoms with Crippen molar-refractivity contribution in [3.8, 4) is 0 Å². The summed E-state index contributed by atoms with van der Waals surface area (Å²) in [6, 6.07) is 3.94. The number of nitrogens with two attached hydrogens (primary N) is 1. The van der Waals surface area contributed by atoms with Crippen LogP contribution in [-0.4, -0.2) is 56.5 Å². The number of anilines is 2. The SMILES string of the molecule is CN(C)CCN(C)CCC(=O)Nc1ccc(F)cc1N. The lowest BCUT2D eigenvalue weighted by Crippen LogP contribution is -2.31. The summed E-state index contributed by atoms with van der Waals surface area (Å²) < 4.78 is 12.9. The maximum atomic E-state index is 12.9. The molecule has 0 spiro atoms. The minimum atomic E-state index is -0.413. The highest BCUT2D eigenvalue weighted by Crippen LogP contribution is 2.19. The van der Waals surface area contributed by atoms with Crippen LogP contribution in [0.5, 0.6) is 0 Å². The van der Waals surface area contributed by atoms with E-state index in [0.717, 1.165) is 13.1 Å². The molecule has 112 valence electrons. The van der Waals surface area contributed by atoms with E-state index in [1.54, 1.807) is 0 Å². The molecule has 20 heavy (non-hydrogen) atoms. The second-order valence-electron chi connectivity index (χ2n) is 5.14. The molecular weight excluding hydrogens is 259 g/mol. The van der Waals surface area contributed by atoms with Gasteiger partial charge in [0.1, 0.15) is 5.82 Å². The molecule has 0 aromatic heterocycles. The van der Waals surface area contributed by atoms with Crippen molar-refractivity contribution in [1.29, 1.82) is 0 Å². The summed E-state index contributed by atoms with van der Waals surface area (Å²) in [5.74, 6) is -0.538. The molecule has 1 aromatic rings. The van der Waals surface area contributed by atoms with Crippen molar-refractivity contribution in [3.05, 3.63) is 24.0 Å². The predicted octanol–water partition coefficient (Wildman–Crippen LogP) is 1.23. The molecule has 6 heteroatoms. The van der Waals surface area contributed by atoms with Crippen LogP contribution in [0.1, 0.15) is 6.42 Å². The number of hydrogen-bond acceptors (Lipinski definition) is 4. The fourth-order valence-corrected chi connectivity index (χ4v) is 1.64. The molecule has 1 rings (SSSR count). The van der Waals surface area contributed by atoms with Gasteiger partial charge in [0, 0.05) is 26.1 Å². The van der Waals surface area contributed by atoms with Crippen LogP contribution >= 0.6 is 0 Å². The molecule has 3 N–H and O–H groups in total. The smallest absolute Gasteiger partial charge is 0.225 e. The molecule has 0 saturated carbocycles. The van der Waals surface area contributed by atoms with Gasteiger partial charge >= 0.3 is 0 Å². The zero-order valence-electron chi connectivity index (χ0n) is 12.3. The number of nitrogens with zero attached hydrogens (tertiary/aromatic N) is 2. The minimum Gasteiger partial charge on any atom is -0.397 e. The number of amides is 1. The van der Waals surface area contributed by atoms with E-state index >= 15 is 0 Å². The molecule has 0 saturated heterocycles. The van der Waals surface area contributed by atoms with Crippen molar-refractivity contribution in [2.75, 3.05) is 51.8 Å². The predicted molar refractivity (Wildman–Crippen MR) is 80.1 cm³/mol. The van der Waals surface area contributed by atoms with Crippen LogP contribution in [0.15, 0.2) is 18.2 Å². The highest BCUT2D eigenvalue weighted by molar-refractivity contribution is 5.93. The summed E-state index contributed by atoms with van der Waals surface area (Å²) in [6.45, 7) is 2.52. The number of benzene rings is 1. The summed E-state index contributed by atoms with van der Waals surface area (Å²) in [4.78, 5) is 16.0. The molecule has 0 fully saturated rings. The number of likely N-dealkylation sites (N-methyl/N-ethyl adjacent to an activating group) is 2. The Morgan fingerprint density at radius 2 is 1.95 bits per heavy atom. The molecule has 0 aliphatic heterocycles. The van der Waals surface area contributed by atoms with Crippen molar-refractivity contribution < 1.29 is 9.18 Å². The zero-order chi connectivity index (χ0) is 15.1. The highest BCUT2D eigenvalue weighted by Gasteiger charge is 2.08. The van der Waals surface area contributed by atoms with Crippen LogP contribution in [0.2, 0.25) is 0 Å². The lowest BCUT2D eigenvalue weighted by atomic mass is 10.2. The Balaban J connectivity index is 2.36. The van der Waals surface area contributed by atoms with E-state index in [1.807, 2.05) is 21.1 Å². The van der Waals surface area contributed by atoms with E-state index in [2.05, 4.69) is 15.1 Å². The minimum absolute atomic E-state index is 0.125. The Kier molecular flexibility index (Phi) is 6.41. The number of hydrogen-bond donors (Lipinski definition) is 2. The van der Waals surface area contributed by atoms with E-state index < -0.39 is 5.82 Å². The van der Waals surface area contributed by atoms with Crippen molar-refractivity contribution in [3.63, 3.8) is 0 Å². The molecule has 0 unspecified atom stereocenters. The molecular formula is C14H23FN4O. The van der Waals surface area contributed by atoms with Crippen LogP contribution in [0.25, 0.3) is 0 Å². The van der Waals surface area contributed by atoms with Crippen molar-refractivity contribution >= 4 is 17.3 Å².